The molecule has 1 heterocycles. The Kier molecular flexibility index (Phi) is 6.91. The number of carbonyl (C=O) groups excluding carboxylic acids is 2. The van der Waals surface area contributed by atoms with Gasteiger partial charge >= 0.3 is 6.03 Å². The summed E-state index contributed by atoms with van der Waals surface area (Å²) < 4.78 is 10.4. The van der Waals surface area contributed by atoms with Gasteiger partial charge in [-0.1, -0.05) is 12.8 Å². The van der Waals surface area contributed by atoms with Gasteiger partial charge in [-0.3, -0.25) is 4.79 Å². The summed E-state index contributed by atoms with van der Waals surface area (Å²) in [6.07, 6.45) is 4.16. The van der Waals surface area contributed by atoms with Crippen LogP contribution in [0.3, 0.4) is 0 Å². The second-order valence-electron chi connectivity index (χ2n) is 6.23. The normalized spacial score (nSPS) is 19.1. The average Bonchev–Trinajstić information content (AvgIpc) is 2.91. The van der Waals surface area contributed by atoms with Crippen LogP contribution in [0.25, 0.3) is 0 Å². The molecule has 7 heteroatoms. The third-order valence-electron chi connectivity index (χ3n) is 4.37. The summed E-state index contributed by atoms with van der Waals surface area (Å²) in [7, 11) is 3.14. The summed E-state index contributed by atoms with van der Waals surface area (Å²) in [4.78, 5) is 23.2. The van der Waals surface area contributed by atoms with Gasteiger partial charge in [0.25, 0.3) is 0 Å². The Morgan fingerprint density at radius 3 is 2.52 bits per heavy atom. The fourth-order valence-electron chi connectivity index (χ4n) is 2.93. The molecule has 0 unspecified atom stereocenters. The molecule has 1 aliphatic rings. The van der Waals surface area contributed by atoms with Crippen LogP contribution < -0.4 is 25.4 Å². The first-order valence-electron chi connectivity index (χ1n) is 8.62. The first kappa shape index (κ1) is 18.9. The van der Waals surface area contributed by atoms with E-state index in [0.717, 1.165) is 25.7 Å². The van der Waals surface area contributed by atoms with E-state index < -0.39 is 0 Å². The van der Waals surface area contributed by atoms with Crippen LogP contribution in [-0.2, 0) is 4.79 Å². The van der Waals surface area contributed by atoms with Crippen molar-refractivity contribution in [2.45, 2.75) is 51.1 Å². The number of nitrogens with one attached hydrogen (secondary N) is 3. The molecule has 0 aromatic heterocycles. The molecular formula is C18H27N3O4. The van der Waals surface area contributed by atoms with Crippen LogP contribution in [0.15, 0.2) is 18.2 Å². The highest BCUT2D eigenvalue weighted by Gasteiger charge is 2.26. The van der Waals surface area contributed by atoms with E-state index in [9.17, 15) is 9.59 Å². The number of amides is 3. The lowest BCUT2D eigenvalue weighted by molar-refractivity contribution is -0.116. The third-order valence-corrected chi connectivity index (χ3v) is 4.37. The van der Waals surface area contributed by atoms with Gasteiger partial charge in [0.2, 0.25) is 5.91 Å². The van der Waals surface area contributed by atoms with Gasteiger partial charge in [0.15, 0.2) is 11.5 Å². The van der Waals surface area contributed by atoms with Gasteiger partial charge < -0.3 is 25.4 Å². The summed E-state index contributed by atoms with van der Waals surface area (Å²) in [5.41, 5.74) is 0.691. The number of rotatable bonds is 9. The van der Waals surface area contributed by atoms with Crippen molar-refractivity contribution in [2.24, 2.45) is 0 Å². The predicted molar refractivity (Wildman–Crippen MR) is 96.2 cm³/mol. The van der Waals surface area contributed by atoms with Crippen molar-refractivity contribution < 1.29 is 19.1 Å². The molecule has 1 aromatic rings. The Bertz CT molecular complexity index is 606. The highest BCUT2D eigenvalue weighted by atomic mass is 16.5. The second-order valence-corrected chi connectivity index (χ2v) is 6.23. The smallest absolute Gasteiger partial charge is 0.315 e. The first-order chi connectivity index (χ1) is 12.0. The molecule has 0 bridgehead atoms. The van der Waals surface area contributed by atoms with Crippen molar-refractivity contribution in [2.75, 3.05) is 19.5 Å². The van der Waals surface area contributed by atoms with E-state index in [4.69, 9.17) is 9.47 Å². The lowest BCUT2D eigenvalue weighted by Crippen LogP contribution is -2.30. The van der Waals surface area contributed by atoms with Gasteiger partial charge in [-0.05, 0) is 31.9 Å². The molecule has 2 rings (SSSR count). The molecule has 0 aliphatic carbocycles. The summed E-state index contributed by atoms with van der Waals surface area (Å²) in [5, 5.41) is 8.61. The number of anilines is 1. The van der Waals surface area contributed by atoms with Crippen molar-refractivity contribution in [3.05, 3.63) is 18.2 Å². The summed E-state index contributed by atoms with van der Waals surface area (Å²) >= 11 is 0. The number of ether oxygens (including phenoxy) is 2. The zero-order chi connectivity index (χ0) is 18.2. The zero-order valence-electron chi connectivity index (χ0n) is 15.1. The van der Waals surface area contributed by atoms with Crippen molar-refractivity contribution in [1.82, 2.24) is 10.6 Å². The van der Waals surface area contributed by atoms with Crippen molar-refractivity contribution in [3.63, 3.8) is 0 Å². The van der Waals surface area contributed by atoms with E-state index in [1.807, 2.05) is 6.92 Å². The molecule has 1 fully saturated rings. The lowest BCUT2D eigenvalue weighted by Gasteiger charge is -2.13. The average molecular weight is 349 g/mol. The number of carbonyl (C=O) groups is 2. The highest BCUT2D eigenvalue weighted by Crippen LogP contribution is 2.29. The highest BCUT2D eigenvalue weighted by molar-refractivity contribution is 5.91. The van der Waals surface area contributed by atoms with Crippen molar-refractivity contribution in [1.29, 1.82) is 0 Å². The van der Waals surface area contributed by atoms with Crippen LogP contribution in [0, 0.1) is 0 Å². The number of hydrogen-bond donors (Lipinski definition) is 3. The molecule has 0 radical (unpaired) electrons. The van der Waals surface area contributed by atoms with Crippen molar-refractivity contribution >= 4 is 17.6 Å². The molecule has 2 atom stereocenters. The largest absolute Gasteiger partial charge is 0.493 e. The van der Waals surface area contributed by atoms with Gasteiger partial charge in [0, 0.05) is 24.2 Å². The number of unbranched alkanes of at least 4 members (excludes halogenated alkanes) is 2. The van der Waals surface area contributed by atoms with Crippen LogP contribution in [0.2, 0.25) is 0 Å². The Morgan fingerprint density at radius 2 is 1.88 bits per heavy atom. The minimum atomic E-state index is -0.0909. The predicted octanol–water partition coefficient (Wildman–Crippen LogP) is 2.66. The molecule has 1 saturated heterocycles. The minimum absolute atomic E-state index is 0.0172. The molecule has 0 saturated carbocycles. The maximum Gasteiger partial charge on any atom is 0.315 e. The molecule has 138 valence electrons. The van der Waals surface area contributed by atoms with Gasteiger partial charge in [0.1, 0.15) is 0 Å². The molecule has 3 amide bonds. The topological polar surface area (TPSA) is 88.7 Å². The van der Waals surface area contributed by atoms with Gasteiger partial charge in [-0.2, -0.15) is 0 Å². The minimum Gasteiger partial charge on any atom is -0.493 e. The number of benzene rings is 1. The maximum atomic E-state index is 12.0. The van der Waals surface area contributed by atoms with Gasteiger partial charge in [-0.15, -0.1) is 0 Å². The Hall–Kier alpha value is -2.44. The fourth-order valence-corrected chi connectivity index (χ4v) is 2.93. The summed E-state index contributed by atoms with van der Waals surface area (Å²) in [6, 6.07) is 5.56. The standard InChI is InChI=1S/C18H27N3O4/c1-12-14(21-18(23)19-12)7-5-4-6-8-17(22)20-13-9-10-15(24-2)16(11-13)25-3/h9-12,14H,4-8H2,1-3H3,(H,20,22)(H2,19,21,23)/t12-,14-/m1/s1. The monoisotopic (exact) mass is 349 g/mol. The fraction of sp³-hybridized carbons (Fsp3) is 0.556. The molecule has 1 aromatic carbocycles. The van der Waals surface area contributed by atoms with E-state index in [0.29, 0.717) is 23.6 Å². The van der Waals surface area contributed by atoms with E-state index in [2.05, 4.69) is 16.0 Å². The maximum absolute atomic E-state index is 12.0. The summed E-state index contributed by atoms with van der Waals surface area (Å²) in [5.74, 6) is 1.20. The van der Waals surface area contributed by atoms with Crippen LogP contribution in [0.5, 0.6) is 11.5 Å². The molecule has 3 N–H and O–H groups in total. The van der Waals surface area contributed by atoms with E-state index in [1.165, 1.54) is 0 Å². The number of urea groups is 1. The SMILES string of the molecule is COc1ccc(NC(=O)CCCCC[C@H]2NC(=O)N[C@@H]2C)cc1OC. The van der Waals surface area contributed by atoms with Gasteiger partial charge in [-0.25, -0.2) is 4.79 Å². The molecule has 25 heavy (non-hydrogen) atoms. The number of hydrogen-bond acceptors (Lipinski definition) is 4. The van der Waals surface area contributed by atoms with E-state index in [-0.39, 0.29) is 24.0 Å². The quantitative estimate of drug-likeness (QED) is 0.598. The molecule has 7 nitrogen and oxygen atoms in total. The summed E-state index contributed by atoms with van der Waals surface area (Å²) in [6.45, 7) is 2.00. The zero-order valence-corrected chi connectivity index (χ0v) is 15.1. The Labute approximate surface area is 148 Å². The molecular weight excluding hydrogens is 322 g/mol. The van der Waals surface area contributed by atoms with Crippen LogP contribution in [0.1, 0.15) is 39.0 Å². The molecule has 1 aliphatic heterocycles. The number of methoxy groups -OCH3 is 2. The van der Waals surface area contributed by atoms with E-state index >= 15 is 0 Å². The third kappa shape index (κ3) is 5.55. The second kappa shape index (κ2) is 9.15. The first-order valence-corrected chi connectivity index (χ1v) is 8.62. The van der Waals surface area contributed by atoms with Crippen LogP contribution >= 0.6 is 0 Å². The van der Waals surface area contributed by atoms with Gasteiger partial charge in [0.05, 0.1) is 20.3 Å². The Morgan fingerprint density at radius 1 is 1.12 bits per heavy atom. The van der Waals surface area contributed by atoms with E-state index in [1.54, 1.807) is 32.4 Å². The molecule has 0 spiro atoms. The van der Waals surface area contributed by atoms with Crippen molar-refractivity contribution in [3.8, 4) is 11.5 Å². The lowest BCUT2D eigenvalue weighted by atomic mass is 10.0. The Balaban J connectivity index is 1.66. The van der Waals surface area contributed by atoms with Crippen LogP contribution in [0.4, 0.5) is 10.5 Å². The van der Waals surface area contributed by atoms with Crippen LogP contribution in [-0.4, -0.2) is 38.2 Å².